The molecule has 0 aromatic heterocycles. The molecule has 112 valence electrons. The number of rotatable bonds is 7. The molecule has 2 aromatic carbocycles. The molecule has 1 nitrogen and oxygen atoms in total. The topological polar surface area (TPSA) is 26.0 Å². The van der Waals surface area contributed by atoms with Crippen LogP contribution in [0, 0.1) is 5.92 Å². The molecule has 2 aromatic rings. The Morgan fingerprint density at radius 1 is 0.857 bits per heavy atom. The highest BCUT2D eigenvalue weighted by atomic mass is 14.7. The zero-order valence-corrected chi connectivity index (χ0v) is 13.2. The van der Waals surface area contributed by atoms with E-state index in [1.807, 2.05) is 0 Å². The van der Waals surface area contributed by atoms with E-state index in [-0.39, 0.29) is 12.0 Å². The summed E-state index contributed by atoms with van der Waals surface area (Å²) in [6, 6.07) is 21.5. The molecule has 2 N–H and O–H groups in total. The largest absolute Gasteiger partial charge is 0.327 e. The molecule has 0 spiro atoms. The van der Waals surface area contributed by atoms with Crippen molar-refractivity contribution < 1.29 is 0 Å². The average molecular weight is 281 g/mol. The van der Waals surface area contributed by atoms with E-state index in [0.29, 0.717) is 5.92 Å². The fourth-order valence-electron chi connectivity index (χ4n) is 3.22. The second kappa shape index (κ2) is 7.99. The molecule has 2 rings (SSSR count). The van der Waals surface area contributed by atoms with Crippen molar-refractivity contribution in [1.82, 2.24) is 0 Å². The summed E-state index contributed by atoms with van der Waals surface area (Å²) >= 11 is 0. The first-order chi connectivity index (χ1) is 10.2. The molecule has 0 amide bonds. The van der Waals surface area contributed by atoms with E-state index >= 15 is 0 Å². The van der Waals surface area contributed by atoms with Crippen LogP contribution in [0.15, 0.2) is 60.7 Å². The van der Waals surface area contributed by atoms with E-state index in [0.717, 1.165) is 6.42 Å². The molecule has 2 atom stereocenters. The predicted octanol–water partition coefficient (Wildman–Crippen LogP) is 4.97. The van der Waals surface area contributed by atoms with E-state index < -0.39 is 0 Å². The maximum atomic E-state index is 6.61. The lowest BCUT2D eigenvalue weighted by Crippen LogP contribution is -2.31. The molecule has 21 heavy (non-hydrogen) atoms. The van der Waals surface area contributed by atoms with Gasteiger partial charge in [-0.25, -0.2) is 0 Å². The summed E-state index contributed by atoms with van der Waals surface area (Å²) in [5.41, 5.74) is 9.25. The first-order valence-corrected chi connectivity index (χ1v) is 8.07. The maximum Gasteiger partial charge on any atom is 0.0241 e. The summed E-state index contributed by atoms with van der Waals surface area (Å²) in [4.78, 5) is 0. The van der Waals surface area contributed by atoms with Crippen molar-refractivity contribution in [2.24, 2.45) is 11.7 Å². The normalized spacial score (nSPS) is 14.1. The number of nitrogens with two attached hydrogens (primary N) is 1. The van der Waals surface area contributed by atoms with Gasteiger partial charge in [0.1, 0.15) is 0 Å². The molecular formula is C20H27N. The SMILES string of the molecule is CCCC(C)CC(N)C(c1ccccc1)c1ccccc1. The molecule has 0 aliphatic rings. The zero-order valence-electron chi connectivity index (χ0n) is 13.2. The highest BCUT2D eigenvalue weighted by Crippen LogP contribution is 2.30. The van der Waals surface area contributed by atoms with Crippen LogP contribution in [0.1, 0.15) is 50.2 Å². The number of hydrogen-bond donors (Lipinski definition) is 1. The lowest BCUT2D eigenvalue weighted by atomic mass is 9.81. The maximum absolute atomic E-state index is 6.61. The van der Waals surface area contributed by atoms with Crippen LogP contribution in [0.3, 0.4) is 0 Å². The van der Waals surface area contributed by atoms with Gasteiger partial charge in [-0.15, -0.1) is 0 Å². The van der Waals surface area contributed by atoms with Gasteiger partial charge in [0, 0.05) is 12.0 Å². The van der Waals surface area contributed by atoms with Gasteiger partial charge in [0.25, 0.3) is 0 Å². The van der Waals surface area contributed by atoms with Gasteiger partial charge in [-0.1, -0.05) is 87.4 Å². The van der Waals surface area contributed by atoms with E-state index in [9.17, 15) is 0 Å². The molecule has 0 saturated carbocycles. The van der Waals surface area contributed by atoms with Gasteiger partial charge in [-0.2, -0.15) is 0 Å². The molecular weight excluding hydrogens is 254 g/mol. The third-order valence-electron chi connectivity index (χ3n) is 4.20. The lowest BCUT2D eigenvalue weighted by molar-refractivity contribution is 0.412. The van der Waals surface area contributed by atoms with Gasteiger partial charge in [0.15, 0.2) is 0 Å². The van der Waals surface area contributed by atoms with Crippen molar-refractivity contribution in [3.63, 3.8) is 0 Å². The van der Waals surface area contributed by atoms with Gasteiger partial charge in [-0.3, -0.25) is 0 Å². The number of benzene rings is 2. The molecule has 0 radical (unpaired) electrons. The molecule has 0 bridgehead atoms. The Hall–Kier alpha value is -1.60. The van der Waals surface area contributed by atoms with Crippen molar-refractivity contribution >= 4 is 0 Å². The third kappa shape index (κ3) is 4.44. The molecule has 1 heteroatoms. The van der Waals surface area contributed by atoms with Crippen molar-refractivity contribution in [2.45, 2.75) is 45.1 Å². The summed E-state index contributed by atoms with van der Waals surface area (Å²) in [5.74, 6) is 0.964. The zero-order chi connectivity index (χ0) is 15.1. The Morgan fingerprint density at radius 3 is 1.76 bits per heavy atom. The second-order valence-corrected chi connectivity index (χ2v) is 6.09. The highest BCUT2D eigenvalue weighted by molar-refractivity contribution is 5.34. The second-order valence-electron chi connectivity index (χ2n) is 6.09. The van der Waals surface area contributed by atoms with Gasteiger partial charge in [0.05, 0.1) is 0 Å². The van der Waals surface area contributed by atoms with E-state index in [2.05, 4.69) is 74.5 Å². The molecule has 0 heterocycles. The smallest absolute Gasteiger partial charge is 0.0241 e. The van der Waals surface area contributed by atoms with Crippen LogP contribution in [0.25, 0.3) is 0 Å². The van der Waals surface area contributed by atoms with Gasteiger partial charge in [0.2, 0.25) is 0 Å². The van der Waals surface area contributed by atoms with Crippen LogP contribution < -0.4 is 5.73 Å². The van der Waals surface area contributed by atoms with Crippen molar-refractivity contribution in [1.29, 1.82) is 0 Å². The summed E-state index contributed by atoms with van der Waals surface area (Å²) in [7, 11) is 0. The van der Waals surface area contributed by atoms with Crippen molar-refractivity contribution in [3.05, 3.63) is 71.8 Å². The Balaban J connectivity index is 2.24. The number of hydrogen-bond acceptors (Lipinski definition) is 1. The van der Waals surface area contributed by atoms with Crippen LogP contribution in [0.5, 0.6) is 0 Å². The first-order valence-electron chi connectivity index (χ1n) is 8.07. The van der Waals surface area contributed by atoms with Gasteiger partial charge in [-0.05, 0) is 23.5 Å². The van der Waals surface area contributed by atoms with E-state index in [4.69, 9.17) is 5.73 Å². The minimum absolute atomic E-state index is 0.163. The summed E-state index contributed by atoms with van der Waals surface area (Å²) in [6.45, 7) is 4.56. The van der Waals surface area contributed by atoms with Crippen LogP contribution in [-0.2, 0) is 0 Å². The van der Waals surface area contributed by atoms with Gasteiger partial charge >= 0.3 is 0 Å². The Labute approximate surface area is 129 Å². The summed E-state index contributed by atoms with van der Waals surface area (Å²) < 4.78 is 0. The third-order valence-corrected chi connectivity index (χ3v) is 4.20. The van der Waals surface area contributed by atoms with Gasteiger partial charge < -0.3 is 5.73 Å². The lowest BCUT2D eigenvalue weighted by Gasteiger charge is -2.27. The molecule has 2 unspecified atom stereocenters. The fourth-order valence-corrected chi connectivity index (χ4v) is 3.22. The monoisotopic (exact) mass is 281 g/mol. The minimum Gasteiger partial charge on any atom is -0.327 e. The summed E-state index contributed by atoms with van der Waals surface area (Å²) in [5, 5.41) is 0. The van der Waals surface area contributed by atoms with Crippen molar-refractivity contribution in [3.8, 4) is 0 Å². The van der Waals surface area contributed by atoms with Crippen LogP contribution >= 0.6 is 0 Å². The molecule has 0 fully saturated rings. The standard InChI is InChI=1S/C20H27N/c1-3-10-16(2)15-19(21)20(17-11-6-4-7-12-17)18-13-8-5-9-14-18/h4-9,11-14,16,19-20H,3,10,15,21H2,1-2H3. The Kier molecular flexibility index (Phi) is 6.01. The Morgan fingerprint density at radius 2 is 1.33 bits per heavy atom. The Bertz CT molecular complexity index is 466. The van der Waals surface area contributed by atoms with Crippen molar-refractivity contribution in [2.75, 3.05) is 0 Å². The molecule has 0 aliphatic carbocycles. The summed E-state index contributed by atoms with van der Waals surface area (Å²) in [6.07, 6.45) is 3.56. The highest BCUT2D eigenvalue weighted by Gasteiger charge is 2.23. The predicted molar refractivity (Wildman–Crippen MR) is 91.4 cm³/mol. The molecule has 0 aliphatic heterocycles. The van der Waals surface area contributed by atoms with Crippen LogP contribution in [0.4, 0.5) is 0 Å². The fraction of sp³-hybridized carbons (Fsp3) is 0.400. The van der Waals surface area contributed by atoms with E-state index in [1.54, 1.807) is 0 Å². The average Bonchev–Trinajstić information content (AvgIpc) is 2.50. The first kappa shape index (κ1) is 15.8. The quantitative estimate of drug-likeness (QED) is 0.761. The van der Waals surface area contributed by atoms with E-state index in [1.165, 1.54) is 24.0 Å². The minimum atomic E-state index is 0.163. The van der Waals surface area contributed by atoms with Crippen LogP contribution in [0.2, 0.25) is 0 Å². The molecule has 0 saturated heterocycles. The van der Waals surface area contributed by atoms with Crippen LogP contribution in [-0.4, -0.2) is 6.04 Å².